The van der Waals surface area contributed by atoms with Crippen LogP contribution in [0.15, 0.2) is 23.8 Å². The second-order valence-corrected chi connectivity index (χ2v) is 8.29. The molecule has 0 radical (unpaired) electrons. The fraction of sp³-hybridized carbons (Fsp3) is 0.700. The predicted molar refractivity (Wildman–Crippen MR) is 94.8 cm³/mol. The normalized spacial score (nSPS) is 25.1. The Hall–Kier alpha value is -1.58. The van der Waals surface area contributed by atoms with Gasteiger partial charge < -0.3 is 4.84 Å². The highest BCUT2D eigenvalue weighted by Crippen LogP contribution is 2.56. The minimum Gasteiger partial charge on any atom is -0.333 e. The Morgan fingerprint density at radius 3 is 2.50 bits per heavy atom. The lowest BCUT2D eigenvalue weighted by Crippen LogP contribution is -2.46. The number of amides is 1. The second kappa shape index (κ2) is 7.12. The summed E-state index contributed by atoms with van der Waals surface area (Å²) in [5.74, 6) is 0.664. The van der Waals surface area contributed by atoms with Crippen LogP contribution in [0.1, 0.15) is 60.3 Å². The van der Waals surface area contributed by atoms with Crippen molar-refractivity contribution in [1.82, 2.24) is 5.06 Å². The van der Waals surface area contributed by atoms with E-state index in [0.29, 0.717) is 24.0 Å². The highest BCUT2D eigenvalue weighted by atomic mass is 16.7. The van der Waals surface area contributed by atoms with Crippen molar-refractivity contribution >= 4 is 11.9 Å². The molecule has 0 aromatic heterocycles. The molecule has 0 saturated heterocycles. The topological polar surface area (TPSA) is 46.6 Å². The molecule has 0 aliphatic heterocycles. The van der Waals surface area contributed by atoms with Crippen LogP contribution in [0.3, 0.4) is 0 Å². The molecule has 1 saturated carbocycles. The van der Waals surface area contributed by atoms with E-state index in [1.54, 1.807) is 6.92 Å². The zero-order valence-corrected chi connectivity index (χ0v) is 15.7. The molecule has 24 heavy (non-hydrogen) atoms. The summed E-state index contributed by atoms with van der Waals surface area (Å²) in [6.45, 7) is 14.0. The molecule has 2 bridgehead atoms. The molecule has 2 aliphatic rings. The Bertz CT molecular complexity index is 561. The highest BCUT2D eigenvalue weighted by molar-refractivity contribution is 5.91. The molecular weight excluding hydrogens is 302 g/mol. The molecule has 1 amide bonds. The fourth-order valence-electron chi connectivity index (χ4n) is 3.91. The Morgan fingerprint density at radius 1 is 1.33 bits per heavy atom. The van der Waals surface area contributed by atoms with Crippen LogP contribution in [0.5, 0.6) is 0 Å². The third-order valence-electron chi connectivity index (χ3n) is 4.94. The van der Waals surface area contributed by atoms with E-state index in [2.05, 4.69) is 26.5 Å². The van der Waals surface area contributed by atoms with E-state index in [1.165, 1.54) is 10.6 Å². The van der Waals surface area contributed by atoms with Gasteiger partial charge in [-0.3, -0.25) is 4.79 Å². The summed E-state index contributed by atoms with van der Waals surface area (Å²) < 4.78 is 0. The molecule has 0 spiro atoms. The van der Waals surface area contributed by atoms with Crippen molar-refractivity contribution in [3.63, 3.8) is 0 Å². The summed E-state index contributed by atoms with van der Waals surface area (Å²) >= 11 is 0. The van der Waals surface area contributed by atoms with Crippen molar-refractivity contribution in [2.75, 3.05) is 6.54 Å². The first kappa shape index (κ1) is 18.8. The summed E-state index contributed by atoms with van der Waals surface area (Å²) in [6, 6.07) is 0. The van der Waals surface area contributed by atoms with Gasteiger partial charge in [-0.1, -0.05) is 45.9 Å². The first-order valence-corrected chi connectivity index (χ1v) is 9.06. The molecule has 134 valence electrons. The lowest BCUT2D eigenvalue weighted by molar-refractivity contribution is -0.202. The van der Waals surface area contributed by atoms with E-state index in [0.717, 1.165) is 25.7 Å². The van der Waals surface area contributed by atoms with Crippen LogP contribution in [0, 0.1) is 23.2 Å². The number of hydroxylamine groups is 2. The molecule has 1 fully saturated rings. The van der Waals surface area contributed by atoms with Crippen molar-refractivity contribution in [2.45, 2.75) is 60.3 Å². The molecule has 0 heterocycles. The monoisotopic (exact) mass is 333 g/mol. The molecule has 0 N–H and O–H groups in total. The number of rotatable bonds is 6. The highest BCUT2D eigenvalue weighted by Gasteiger charge is 2.53. The van der Waals surface area contributed by atoms with Crippen molar-refractivity contribution in [3.05, 3.63) is 23.8 Å². The van der Waals surface area contributed by atoms with Gasteiger partial charge in [0, 0.05) is 5.57 Å². The van der Waals surface area contributed by atoms with Crippen LogP contribution in [0.4, 0.5) is 0 Å². The summed E-state index contributed by atoms with van der Waals surface area (Å²) in [6.07, 6.45) is 6.03. The lowest BCUT2D eigenvalue weighted by Gasteiger charge is -2.35. The minimum atomic E-state index is -0.526. The molecule has 4 nitrogen and oxygen atoms in total. The van der Waals surface area contributed by atoms with Crippen LogP contribution in [-0.2, 0) is 14.4 Å². The standard InChI is InChI=1S/C20H31NO3/c1-13(2)9-17-10-16-7-8-20(17,11-16)19(23)21(12-14(3)4)24-18(22)15(5)6/h10,13-14,16H,5,7-9,11-12H2,1-4,6H3. The lowest BCUT2D eigenvalue weighted by atomic mass is 9.76. The molecule has 2 unspecified atom stereocenters. The Morgan fingerprint density at radius 2 is 2.00 bits per heavy atom. The summed E-state index contributed by atoms with van der Waals surface area (Å²) in [7, 11) is 0. The first-order valence-electron chi connectivity index (χ1n) is 9.06. The van der Waals surface area contributed by atoms with Crippen LogP contribution in [0.2, 0.25) is 0 Å². The molecule has 0 aromatic carbocycles. The van der Waals surface area contributed by atoms with Crippen molar-refractivity contribution in [1.29, 1.82) is 0 Å². The SMILES string of the molecule is C=C(C)C(=O)ON(CC(C)C)C(=O)C12CCC(C=C1CC(C)C)C2. The molecule has 2 rings (SSSR count). The van der Waals surface area contributed by atoms with Crippen LogP contribution in [0.25, 0.3) is 0 Å². The number of carbonyl (C=O) groups excluding carboxylic acids is 2. The predicted octanol–water partition coefficient (Wildman–Crippen LogP) is 4.28. The van der Waals surface area contributed by atoms with E-state index < -0.39 is 11.4 Å². The third kappa shape index (κ3) is 3.73. The van der Waals surface area contributed by atoms with Gasteiger partial charge in [0.1, 0.15) is 0 Å². The van der Waals surface area contributed by atoms with Gasteiger partial charge in [0.15, 0.2) is 0 Å². The zero-order valence-electron chi connectivity index (χ0n) is 15.7. The zero-order chi connectivity index (χ0) is 18.1. The van der Waals surface area contributed by atoms with E-state index >= 15 is 0 Å². The Labute approximate surface area is 145 Å². The average molecular weight is 333 g/mol. The number of hydrogen-bond donors (Lipinski definition) is 0. The molecular formula is C20H31NO3. The smallest absolute Gasteiger partial charge is 0.333 e. The van der Waals surface area contributed by atoms with Gasteiger partial charge in [0.25, 0.3) is 5.91 Å². The summed E-state index contributed by atoms with van der Waals surface area (Å²) in [4.78, 5) is 30.8. The molecule has 0 aromatic rings. The number of carbonyl (C=O) groups is 2. The van der Waals surface area contributed by atoms with Gasteiger partial charge in [-0.15, -0.1) is 0 Å². The molecule has 4 heteroatoms. The van der Waals surface area contributed by atoms with Crippen molar-refractivity contribution < 1.29 is 14.4 Å². The fourth-order valence-corrected chi connectivity index (χ4v) is 3.91. The number of hydrogen-bond acceptors (Lipinski definition) is 3. The van der Waals surface area contributed by atoms with Gasteiger partial charge in [0.2, 0.25) is 0 Å². The number of nitrogens with zero attached hydrogens (tertiary/aromatic N) is 1. The molecule has 2 atom stereocenters. The number of fused-ring (bicyclic) bond motifs is 2. The quantitative estimate of drug-likeness (QED) is 0.414. The maximum absolute atomic E-state index is 13.4. The van der Waals surface area contributed by atoms with E-state index in [9.17, 15) is 9.59 Å². The minimum absolute atomic E-state index is 0.0438. The van der Waals surface area contributed by atoms with Crippen LogP contribution < -0.4 is 0 Å². The summed E-state index contributed by atoms with van der Waals surface area (Å²) in [5.41, 5.74) is 1.10. The Balaban J connectivity index is 2.25. The van der Waals surface area contributed by atoms with Crippen molar-refractivity contribution in [2.24, 2.45) is 23.2 Å². The van der Waals surface area contributed by atoms with Crippen LogP contribution >= 0.6 is 0 Å². The average Bonchev–Trinajstić information content (AvgIpc) is 3.03. The third-order valence-corrected chi connectivity index (χ3v) is 4.94. The maximum Gasteiger partial charge on any atom is 0.358 e. The second-order valence-electron chi connectivity index (χ2n) is 8.29. The van der Waals surface area contributed by atoms with Gasteiger partial charge in [-0.2, -0.15) is 5.06 Å². The van der Waals surface area contributed by atoms with Gasteiger partial charge in [0.05, 0.1) is 12.0 Å². The van der Waals surface area contributed by atoms with Crippen molar-refractivity contribution in [3.8, 4) is 0 Å². The number of allylic oxidation sites excluding steroid dienone is 1. The molecule has 2 aliphatic carbocycles. The maximum atomic E-state index is 13.4. The van der Waals surface area contributed by atoms with E-state index in [4.69, 9.17) is 4.84 Å². The Kier molecular flexibility index (Phi) is 5.56. The van der Waals surface area contributed by atoms with E-state index in [1.807, 2.05) is 13.8 Å². The largest absolute Gasteiger partial charge is 0.358 e. The van der Waals surface area contributed by atoms with Gasteiger partial charge in [-0.05, 0) is 50.4 Å². The van der Waals surface area contributed by atoms with E-state index in [-0.39, 0.29) is 11.8 Å². The van der Waals surface area contributed by atoms with Crippen LogP contribution in [-0.4, -0.2) is 23.5 Å². The summed E-state index contributed by atoms with van der Waals surface area (Å²) in [5, 5.41) is 1.31. The first-order chi connectivity index (χ1) is 11.2. The van der Waals surface area contributed by atoms with Gasteiger partial charge >= 0.3 is 5.97 Å². The van der Waals surface area contributed by atoms with Gasteiger partial charge in [-0.25, -0.2) is 4.79 Å².